The molecule has 74 valence electrons. The summed E-state index contributed by atoms with van der Waals surface area (Å²) in [5.41, 5.74) is 3.14. The van der Waals surface area contributed by atoms with Crippen LogP contribution >= 0.6 is 0 Å². The molecule has 3 heterocycles. The zero-order chi connectivity index (χ0) is 10.3. The number of rotatable bonds is 1. The molecule has 3 rings (SSSR count). The van der Waals surface area contributed by atoms with Crippen LogP contribution in [-0.4, -0.2) is 19.2 Å². The van der Waals surface area contributed by atoms with Crippen molar-refractivity contribution < 1.29 is 0 Å². The lowest BCUT2D eigenvalue weighted by Gasteiger charge is -1.97. The molecule has 3 aromatic rings. The number of aryl methyl sites for hydroxylation is 1. The van der Waals surface area contributed by atoms with Crippen LogP contribution in [0.15, 0.2) is 43.1 Å². The summed E-state index contributed by atoms with van der Waals surface area (Å²) >= 11 is 0. The molecule has 3 aromatic heterocycles. The van der Waals surface area contributed by atoms with E-state index in [0.717, 1.165) is 16.8 Å². The molecule has 0 aliphatic carbocycles. The summed E-state index contributed by atoms with van der Waals surface area (Å²) in [5, 5.41) is 4.19. The van der Waals surface area contributed by atoms with Crippen molar-refractivity contribution in [2.24, 2.45) is 7.05 Å². The summed E-state index contributed by atoms with van der Waals surface area (Å²) in [7, 11) is 1.96. The van der Waals surface area contributed by atoms with Crippen molar-refractivity contribution in [2.75, 3.05) is 0 Å². The summed E-state index contributed by atoms with van der Waals surface area (Å²) in [6.07, 6.45) is 7.56. The quantitative estimate of drug-likeness (QED) is 0.597. The van der Waals surface area contributed by atoms with Gasteiger partial charge in [0.2, 0.25) is 0 Å². The van der Waals surface area contributed by atoms with E-state index in [1.54, 1.807) is 12.5 Å². The topological polar surface area (TPSA) is 35.1 Å². The van der Waals surface area contributed by atoms with Crippen molar-refractivity contribution in [1.29, 1.82) is 0 Å². The third-order valence-corrected chi connectivity index (χ3v) is 2.40. The van der Waals surface area contributed by atoms with E-state index in [-0.39, 0.29) is 0 Å². The lowest BCUT2D eigenvalue weighted by Crippen LogP contribution is -1.87. The van der Waals surface area contributed by atoms with Crippen molar-refractivity contribution in [3.8, 4) is 11.3 Å². The highest BCUT2D eigenvalue weighted by Crippen LogP contribution is 2.17. The van der Waals surface area contributed by atoms with Crippen molar-refractivity contribution in [2.45, 2.75) is 0 Å². The molecule has 0 fully saturated rings. The van der Waals surface area contributed by atoms with Crippen molar-refractivity contribution in [1.82, 2.24) is 19.2 Å². The number of hydrogen-bond acceptors (Lipinski definition) is 2. The molecule has 0 atom stereocenters. The van der Waals surface area contributed by atoms with Gasteiger partial charge in [0.05, 0.1) is 17.5 Å². The zero-order valence-corrected chi connectivity index (χ0v) is 8.33. The van der Waals surface area contributed by atoms with Crippen LogP contribution in [0.3, 0.4) is 0 Å². The first-order valence-electron chi connectivity index (χ1n) is 4.75. The molecule has 0 saturated carbocycles. The average Bonchev–Trinajstić information content (AvgIpc) is 2.84. The molecule has 15 heavy (non-hydrogen) atoms. The molecule has 0 unspecified atom stereocenters. The maximum Gasteiger partial charge on any atom is 0.0951 e. The first-order valence-corrected chi connectivity index (χ1v) is 4.75. The highest BCUT2D eigenvalue weighted by Gasteiger charge is 2.02. The van der Waals surface area contributed by atoms with Gasteiger partial charge in [-0.15, -0.1) is 0 Å². The maximum absolute atomic E-state index is 4.30. The van der Waals surface area contributed by atoms with Crippen LogP contribution in [0, 0.1) is 0 Å². The molecule has 0 saturated heterocycles. The first-order chi connectivity index (χ1) is 7.33. The summed E-state index contributed by atoms with van der Waals surface area (Å²) in [4.78, 5) is 4.30. The first kappa shape index (κ1) is 8.23. The van der Waals surface area contributed by atoms with Crippen LogP contribution < -0.4 is 0 Å². The van der Waals surface area contributed by atoms with Crippen LogP contribution in [0.1, 0.15) is 0 Å². The van der Waals surface area contributed by atoms with Gasteiger partial charge in [-0.05, 0) is 18.2 Å². The lowest BCUT2D eigenvalue weighted by atomic mass is 10.2. The Kier molecular flexibility index (Phi) is 1.62. The highest BCUT2D eigenvalue weighted by molar-refractivity contribution is 5.61. The normalized spacial score (nSPS) is 11.0. The van der Waals surface area contributed by atoms with Crippen LogP contribution in [0.5, 0.6) is 0 Å². The molecule has 0 aliphatic heterocycles. The zero-order valence-electron chi connectivity index (χ0n) is 8.33. The van der Waals surface area contributed by atoms with E-state index < -0.39 is 0 Å². The van der Waals surface area contributed by atoms with Crippen LogP contribution in [-0.2, 0) is 7.05 Å². The second-order valence-corrected chi connectivity index (χ2v) is 3.54. The van der Waals surface area contributed by atoms with Gasteiger partial charge in [0.25, 0.3) is 0 Å². The Morgan fingerprint density at radius 1 is 1.13 bits per heavy atom. The van der Waals surface area contributed by atoms with E-state index in [4.69, 9.17) is 0 Å². The minimum atomic E-state index is 0.968. The summed E-state index contributed by atoms with van der Waals surface area (Å²) in [5.74, 6) is 0. The lowest BCUT2D eigenvalue weighted by molar-refractivity contribution is 0.913. The van der Waals surface area contributed by atoms with E-state index in [1.165, 1.54) is 0 Å². The van der Waals surface area contributed by atoms with Gasteiger partial charge in [0, 0.05) is 31.2 Å². The fraction of sp³-hybridized carbons (Fsp3) is 0.0909. The van der Waals surface area contributed by atoms with Gasteiger partial charge in [0.1, 0.15) is 0 Å². The van der Waals surface area contributed by atoms with E-state index >= 15 is 0 Å². The fourth-order valence-corrected chi connectivity index (χ4v) is 1.63. The number of nitrogens with zero attached hydrogens (tertiary/aromatic N) is 4. The van der Waals surface area contributed by atoms with Gasteiger partial charge in [-0.2, -0.15) is 5.10 Å². The smallest absolute Gasteiger partial charge is 0.0951 e. The van der Waals surface area contributed by atoms with Gasteiger partial charge in [-0.3, -0.25) is 0 Å². The number of pyridine rings is 1. The average molecular weight is 198 g/mol. The Morgan fingerprint density at radius 2 is 2.07 bits per heavy atom. The van der Waals surface area contributed by atoms with E-state index in [0.29, 0.717) is 0 Å². The van der Waals surface area contributed by atoms with E-state index in [9.17, 15) is 0 Å². The standard InChI is InChI=1S/C11H10N4/c1-14-7-11(12-8-14)9-2-3-10-4-5-13-15(10)6-9/h2-8H,1H3. The van der Waals surface area contributed by atoms with Crippen molar-refractivity contribution in [3.05, 3.63) is 43.1 Å². The third kappa shape index (κ3) is 1.30. The fourth-order valence-electron chi connectivity index (χ4n) is 1.63. The molecular weight excluding hydrogens is 188 g/mol. The van der Waals surface area contributed by atoms with Gasteiger partial charge in [-0.1, -0.05) is 0 Å². The summed E-state index contributed by atoms with van der Waals surface area (Å²) < 4.78 is 3.78. The van der Waals surface area contributed by atoms with E-state index in [2.05, 4.69) is 16.1 Å². The largest absolute Gasteiger partial charge is 0.340 e. The minimum absolute atomic E-state index is 0.968. The van der Waals surface area contributed by atoms with Crippen molar-refractivity contribution in [3.63, 3.8) is 0 Å². The Hall–Kier alpha value is -2.10. The molecule has 0 N–H and O–H groups in total. The minimum Gasteiger partial charge on any atom is -0.340 e. The molecule has 0 aliphatic rings. The van der Waals surface area contributed by atoms with E-state index in [1.807, 2.05) is 40.7 Å². The van der Waals surface area contributed by atoms with Gasteiger partial charge in [0.15, 0.2) is 0 Å². The second-order valence-electron chi connectivity index (χ2n) is 3.54. The third-order valence-electron chi connectivity index (χ3n) is 2.40. The Balaban J connectivity index is 2.18. The second kappa shape index (κ2) is 2.95. The monoisotopic (exact) mass is 198 g/mol. The number of fused-ring (bicyclic) bond motifs is 1. The van der Waals surface area contributed by atoms with Gasteiger partial charge < -0.3 is 4.57 Å². The van der Waals surface area contributed by atoms with Crippen LogP contribution in [0.4, 0.5) is 0 Å². The Bertz CT molecular complexity index is 606. The number of imidazole rings is 1. The predicted octanol–water partition coefficient (Wildman–Crippen LogP) is 1.73. The Morgan fingerprint density at radius 3 is 2.87 bits per heavy atom. The van der Waals surface area contributed by atoms with Crippen LogP contribution in [0.2, 0.25) is 0 Å². The number of hydrogen-bond donors (Lipinski definition) is 0. The van der Waals surface area contributed by atoms with Crippen LogP contribution in [0.25, 0.3) is 16.8 Å². The summed E-state index contributed by atoms with van der Waals surface area (Å²) in [6, 6.07) is 6.07. The van der Waals surface area contributed by atoms with Gasteiger partial charge >= 0.3 is 0 Å². The number of aromatic nitrogens is 4. The highest BCUT2D eigenvalue weighted by atomic mass is 15.2. The SMILES string of the molecule is Cn1cnc(-c2ccc3ccnn3c2)c1. The van der Waals surface area contributed by atoms with Gasteiger partial charge in [-0.25, -0.2) is 9.50 Å². The molecule has 0 spiro atoms. The molecule has 4 heteroatoms. The molecule has 0 radical (unpaired) electrons. The molecule has 4 nitrogen and oxygen atoms in total. The molecule has 0 amide bonds. The van der Waals surface area contributed by atoms with Crippen molar-refractivity contribution >= 4 is 5.52 Å². The summed E-state index contributed by atoms with van der Waals surface area (Å²) in [6.45, 7) is 0. The Labute approximate surface area is 86.8 Å². The predicted molar refractivity (Wildman–Crippen MR) is 57.4 cm³/mol. The molecule has 0 bridgehead atoms. The molecular formula is C11H10N4. The maximum atomic E-state index is 4.30. The molecule has 0 aromatic carbocycles.